The van der Waals surface area contributed by atoms with Crippen molar-refractivity contribution in [2.75, 3.05) is 76.3 Å². The Morgan fingerprint density at radius 2 is 1.01 bits per heavy atom. The SMILES string of the molecule is CCN(C(C)C)C(C)C.CCN(C(C)C)C(C)C.COc1ccc(CN)c(OC)c1.COc1ccc(CNc2nc(N[C@@H](C)CCC(=O)OC(C)(C)C)c3ncccc3n2)c(OC)c1.C[C@@H](CN)Nc1nc(N)nc2cccnc12.C[C@H](N)CNC(=O)OC(C)(C)C.Cl.Clc1nc(Cl)c2ncccc2n1. The molecule has 1 amide bonds. The molecule has 0 fully saturated rings. The van der Waals surface area contributed by atoms with E-state index in [9.17, 15) is 9.59 Å². The molecule has 0 unspecified atom stereocenters. The molecular weight excluding hydrogens is 1400 g/mol. The molecule has 8 aromatic rings. The Kier molecular flexibility index (Phi) is 44.0. The highest BCUT2D eigenvalue weighted by molar-refractivity contribution is 6.35. The third-order valence-corrected chi connectivity index (χ3v) is 15.1. The maximum atomic E-state index is 12.1. The number of halogens is 3. The van der Waals surface area contributed by atoms with E-state index < -0.39 is 17.3 Å². The molecule has 0 spiro atoms. The second-order valence-corrected chi connectivity index (χ2v) is 27.7. The standard InChI is InChI=1S/C25H33N5O4.C10H14N6.C9H13NO2.C8H18N2O2.2C8H19N.C7H3Cl2N3.ClH/c1-16(9-12-21(31)34-25(2,3)4)28-23-22-19(8-7-13-26-22)29-24(30-23)27-15-17-10-11-18(32-5)14-20(17)33-6;1-6(5-11)14-9-8-7(3-2-4-13-8)15-10(12)16-9;1-11-8-4-3-7(6-10)9(5-8)12-2;1-6(9)5-10-7(11)12-8(2,3)4;2*1-6-9(7(2)3)8(4)5;8-6-5-4(2-1-3-10-5)11-7(9)12-6;/h7-8,10-11,13-14,16H,9,12,15H2,1-6H3,(H2,27,28,29,30);2-4,6H,5,11H2,1H3,(H3,12,14,15,16);3-5H,6,10H2,1-2H3;6H,5,9H2,1-4H3,(H,10,11);2*7-8H,6H2,1-5H3;1-3H;1H/t16-;6-;;6-;;;;/m00.0..../s1. The van der Waals surface area contributed by atoms with Crippen LogP contribution in [0.2, 0.25) is 10.4 Å². The summed E-state index contributed by atoms with van der Waals surface area (Å²) in [4.78, 5) is 65.8. The van der Waals surface area contributed by atoms with Gasteiger partial charge in [-0.1, -0.05) is 31.5 Å². The molecule has 0 aliphatic rings. The lowest BCUT2D eigenvalue weighted by Crippen LogP contribution is -2.38. The lowest BCUT2D eigenvalue weighted by molar-refractivity contribution is -0.155. The average molecular weight is 1520 g/mol. The molecule has 12 N–H and O–H groups in total. The van der Waals surface area contributed by atoms with Crippen LogP contribution < -0.4 is 63.1 Å². The fourth-order valence-corrected chi connectivity index (χ4v) is 10.3. The summed E-state index contributed by atoms with van der Waals surface area (Å²) in [6.07, 6.45) is 5.52. The van der Waals surface area contributed by atoms with Crippen LogP contribution in [0, 0.1) is 0 Å². The van der Waals surface area contributed by atoms with Crippen molar-refractivity contribution < 1.29 is 38.0 Å². The average Bonchev–Trinajstić information content (AvgIpc) is 0.818. The van der Waals surface area contributed by atoms with Crippen molar-refractivity contribution in [3.8, 4) is 23.0 Å². The van der Waals surface area contributed by atoms with E-state index in [0.717, 1.165) is 47.0 Å². The predicted molar refractivity (Wildman–Crippen MR) is 431 cm³/mol. The number of hydrogen-bond donors (Lipinski definition) is 8. The van der Waals surface area contributed by atoms with Crippen molar-refractivity contribution in [2.24, 2.45) is 17.2 Å². The number of carbonyl (C=O) groups excluding carboxylic acids is 2. The Bertz CT molecular complexity index is 3770. The zero-order chi connectivity index (χ0) is 78.4. The summed E-state index contributed by atoms with van der Waals surface area (Å²) in [5, 5.41) is 12.8. The van der Waals surface area contributed by atoms with Gasteiger partial charge in [0.2, 0.25) is 17.2 Å². The van der Waals surface area contributed by atoms with Crippen LogP contribution in [0.5, 0.6) is 23.0 Å². The van der Waals surface area contributed by atoms with Crippen molar-refractivity contribution in [2.45, 2.75) is 211 Å². The number of hydrogen-bond acceptors (Lipinski definition) is 26. The molecule has 0 radical (unpaired) electrons. The molecular formula is C75H120Cl3N19O8. The number of benzene rings is 2. The number of aromatic nitrogens is 9. The quantitative estimate of drug-likeness (QED) is 0.0158. The third-order valence-electron chi connectivity index (χ3n) is 14.6. The molecule has 0 saturated heterocycles. The zero-order valence-electron chi connectivity index (χ0n) is 66.0. The molecule has 0 aliphatic heterocycles. The van der Waals surface area contributed by atoms with E-state index in [2.05, 4.69) is 145 Å². The van der Waals surface area contributed by atoms with E-state index >= 15 is 0 Å². The number of anilines is 4. The monoisotopic (exact) mass is 1520 g/mol. The van der Waals surface area contributed by atoms with Crippen LogP contribution in [-0.2, 0) is 27.4 Å². The number of nitrogen functional groups attached to an aromatic ring is 1. The summed E-state index contributed by atoms with van der Waals surface area (Å²) in [6.45, 7) is 43.4. The van der Waals surface area contributed by atoms with E-state index in [1.54, 1.807) is 59.2 Å². The maximum Gasteiger partial charge on any atom is 0.407 e. The van der Waals surface area contributed by atoms with Gasteiger partial charge in [0, 0.05) is 117 Å². The lowest BCUT2D eigenvalue weighted by Gasteiger charge is -2.28. The highest BCUT2D eigenvalue weighted by Gasteiger charge is 2.20. The molecule has 105 heavy (non-hydrogen) atoms. The molecule has 6 aromatic heterocycles. The van der Waals surface area contributed by atoms with Gasteiger partial charge in [-0.2, -0.15) is 9.97 Å². The van der Waals surface area contributed by atoms with Gasteiger partial charge in [0.05, 0.1) is 45.0 Å². The minimum Gasteiger partial charge on any atom is -0.497 e. The number of fused-ring (bicyclic) bond motifs is 3. The smallest absolute Gasteiger partial charge is 0.407 e. The number of nitrogens with one attached hydrogen (secondary N) is 4. The van der Waals surface area contributed by atoms with E-state index in [1.165, 1.54) is 0 Å². The summed E-state index contributed by atoms with van der Waals surface area (Å²) < 4.78 is 31.3. The van der Waals surface area contributed by atoms with Gasteiger partial charge in [-0.15, -0.1) is 12.4 Å². The summed E-state index contributed by atoms with van der Waals surface area (Å²) in [7, 11) is 6.48. The Hall–Kier alpha value is -8.28. The minimum absolute atomic E-state index is 0. The van der Waals surface area contributed by atoms with E-state index in [0.29, 0.717) is 114 Å². The molecule has 2 aromatic carbocycles. The van der Waals surface area contributed by atoms with Crippen molar-refractivity contribution >= 4 is 104 Å². The van der Waals surface area contributed by atoms with Crippen LogP contribution in [0.15, 0.2) is 91.4 Å². The van der Waals surface area contributed by atoms with Crippen molar-refractivity contribution in [1.29, 1.82) is 0 Å². The number of ether oxygens (including phenoxy) is 6. The second-order valence-electron chi connectivity index (χ2n) is 27.0. The number of alkyl carbamates (subject to hydrolysis) is 1. The molecule has 0 aliphatic carbocycles. The first-order valence-corrected chi connectivity index (χ1v) is 35.7. The van der Waals surface area contributed by atoms with Gasteiger partial charge in [-0.3, -0.25) is 29.5 Å². The number of amides is 1. The Morgan fingerprint density at radius 1 is 0.562 bits per heavy atom. The van der Waals surface area contributed by atoms with E-state index in [-0.39, 0.29) is 52.9 Å². The fraction of sp³-hybridized carbons (Fsp3) is 0.533. The summed E-state index contributed by atoms with van der Waals surface area (Å²) in [5.74, 6) is 4.69. The minimum atomic E-state index is -0.492. The lowest BCUT2D eigenvalue weighted by atomic mass is 10.1. The van der Waals surface area contributed by atoms with E-state index in [4.69, 9.17) is 74.6 Å². The summed E-state index contributed by atoms with van der Waals surface area (Å²) in [5.41, 5.74) is 27.1. The second kappa shape index (κ2) is 48.8. The highest BCUT2D eigenvalue weighted by atomic mass is 35.5. The number of pyridine rings is 3. The zero-order valence-corrected chi connectivity index (χ0v) is 68.3. The normalized spacial score (nSPS) is 11.8. The third kappa shape index (κ3) is 36.5. The topological polar surface area (TPSA) is 364 Å². The molecule has 0 bridgehead atoms. The van der Waals surface area contributed by atoms with Gasteiger partial charge < -0.3 is 72.6 Å². The number of nitrogens with zero attached hydrogens (tertiary/aromatic N) is 11. The Morgan fingerprint density at radius 3 is 1.44 bits per heavy atom. The number of esters is 1. The number of rotatable bonds is 24. The highest BCUT2D eigenvalue weighted by Crippen LogP contribution is 2.28. The van der Waals surface area contributed by atoms with Crippen LogP contribution in [0.1, 0.15) is 156 Å². The first kappa shape index (κ1) is 94.7. The molecule has 0 saturated carbocycles. The van der Waals surface area contributed by atoms with Crippen LogP contribution >= 0.6 is 35.6 Å². The predicted octanol–water partition coefficient (Wildman–Crippen LogP) is 14.0. The van der Waals surface area contributed by atoms with Gasteiger partial charge in [0.1, 0.15) is 50.8 Å². The first-order chi connectivity index (χ1) is 49.0. The van der Waals surface area contributed by atoms with Gasteiger partial charge in [-0.25, -0.2) is 24.7 Å². The van der Waals surface area contributed by atoms with Crippen LogP contribution in [0.3, 0.4) is 0 Å². The van der Waals surface area contributed by atoms with Crippen molar-refractivity contribution in [1.82, 2.24) is 60.0 Å². The van der Waals surface area contributed by atoms with Crippen LogP contribution in [0.4, 0.5) is 28.3 Å². The Balaban J connectivity index is 0.000000657. The first-order valence-electron chi connectivity index (χ1n) is 35.0. The molecule has 8 rings (SSSR count). The molecule has 584 valence electrons. The van der Waals surface area contributed by atoms with Crippen LogP contribution in [-0.4, -0.2) is 175 Å². The van der Waals surface area contributed by atoms with E-state index in [1.807, 2.05) is 123 Å². The van der Waals surface area contributed by atoms with Crippen molar-refractivity contribution in [3.63, 3.8) is 0 Å². The largest absolute Gasteiger partial charge is 0.497 e. The van der Waals surface area contributed by atoms with Gasteiger partial charge >= 0.3 is 12.1 Å². The van der Waals surface area contributed by atoms with Crippen LogP contribution in [0.25, 0.3) is 33.1 Å². The molecule has 27 nitrogen and oxygen atoms in total. The van der Waals surface area contributed by atoms with Crippen molar-refractivity contribution in [3.05, 3.63) is 113 Å². The summed E-state index contributed by atoms with van der Waals surface area (Å²) >= 11 is 11.4. The molecule has 6 heterocycles. The van der Waals surface area contributed by atoms with Gasteiger partial charge in [0.25, 0.3) is 0 Å². The molecule has 30 heteroatoms. The number of nitrogens with two attached hydrogens (primary N) is 4. The summed E-state index contributed by atoms with van der Waals surface area (Å²) in [6, 6.07) is 25.0. The number of carbonyl (C=O) groups is 2. The molecule has 3 atom stereocenters. The maximum absolute atomic E-state index is 12.1. The van der Waals surface area contributed by atoms with Gasteiger partial charge in [-0.05, 0) is 203 Å². The number of methoxy groups -OCH3 is 4. The van der Waals surface area contributed by atoms with Gasteiger partial charge in [0.15, 0.2) is 16.8 Å². The fourth-order valence-electron chi connectivity index (χ4n) is 9.87. The Labute approximate surface area is 639 Å².